The lowest BCUT2D eigenvalue weighted by atomic mass is 9.65. The van der Waals surface area contributed by atoms with Crippen LogP contribution in [0.3, 0.4) is 0 Å². The van der Waals surface area contributed by atoms with Crippen molar-refractivity contribution in [2.75, 3.05) is 6.54 Å². The molecule has 2 aliphatic rings. The van der Waals surface area contributed by atoms with Crippen LogP contribution < -0.4 is 0 Å². The smallest absolute Gasteiger partial charge is 0.410 e. The van der Waals surface area contributed by atoms with E-state index in [4.69, 9.17) is 4.74 Å². The molecule has 168 valence electrons. The lowest BCUT2D eigenvalue weighted by Crippen LogP contribution is -2.50. The Morgan fingerprint density at radius 2 is 2.06 bits per heavy atom. The lowest BCUT2D eigenvalue weighted by molar-refractivity contribution is -0.0713. The first kappa shape index (κ1) is 21.9. The van der Waals surface area contributed by atoms with E-state index in [0.29, 0.717) is 6.54 Å². The highest BCUT2D eigenvalue weighted by Crippen LogP contribution is 2.52. The first-order valence-electron chi connectivity index (χ1n) is 11.5. The normalized spacial score (nSPS) is 25.4. The molecule has 4 rings (SSSR count). The van der Waals surface area contributed by atoms with Crippen LogP contribution in [0.1, 0.15) is 65.5 Å². The first-order valence-corrected chi connectivity index (χ1v) is 11.5. The predicted molar refractivity (Wildman–Crippen MR) is 121 cm³/mol. The molecule has 1 unspecified atom stereocenters. The summed E-state index contributed by atoms with van der Waals surface area (Å²) >= 11 is 0. The molecule has 0 spiro atoms. The fourth-order valence-electron chi connectivity index (χ4n) is 5.36. The minimum absolute atomic E-state index is 0.0696. The molecule has 1 N–H and O–H groups in total. The van der Waals surface area contributed by atoms with Crippen molar-refractivity contribution >= 4 is 6.09 Å². The molecule has 2 heterocycles. The number of aromatic nitrogens is 2. The van der Waals surface area contributed by atoms with Gasteiger partial charge in [-0.25, -0.2) is 9.78 Å². The van der Waals surface area contributed by atoms with Gasteiger partial charge in [-0.3, -0.25) is 0 Å². The Hall–Kier alpha value is -2.34. The topological polar surface area (TPSA) is 67.6 Å². The molecule has 1 aliphatic heterocycles. The van der Waals surface area contributed by atoms with E-state index in [1.807, 2.05) is 45.1 Å². The summed E-state index contributed by atoms with van der Waals surface area (Å²) in [5.74, 6) is 0.349. The number of aliphatic hydroxyl groups is 1. The predicted octanol–water partition coefficient (Wildman–Crippen LogP) is 4.88. The summed E-state index contributed by atoms with van der Waals surface area (Å²) in [4.78, 5) is 18.9. The first-order chi connectivity index (χ1) is 14.7. The van der Waals surface area contributed by atoms with Crippen LogP contribution in [-0.2, 0) is 4.74 Å². The minimum Gasteiger partial charge on any atom is -0.444 e. The molecule has 1 aromatic heterocycles. The number of hydrogen-bond donors (Lipinski definition) is 1. The van der Waals surface area contributed by atoms with Gasteiger partial charge in [0.05, 0.1) is 30.4 Å². The number of rotatable bonds is 6. The van der Waals surface area contributed by atoms with E-state index < -0.39 is 11.7 Å². The van der Waals surface area contributed by atoms with Crippen LogP contribution in [0.25, 0.3) is 11.3 Å². The Labute approximate surface area is 185 Å². The quantitative estimate of drug-likeness (QED) is 0.717. The number of amides is 1. The molecule has 1 aliphatic carbocycles. The van der Waals surface area contributed by atoms with Gasteiger partial charge in [0.1, 0.15) is 5.60 Å². The third-order valence-corrected chi connectivity index (χ3v) is 6.88. The minimum atomic E-state index is -0.512. The second-order valence-corrected chi connectivity index (χ2v) is 9.93. The highest BCUT2D eigenvalue weighted by Gasteiger charge is 2.48. The van der Waals surface area contributed by atoms with Gasteiger partial charge in [0, 0.05) is 24.1 Å². The Balaban J connectivity index is 1.45. The van der Waals surface area contributed by atoms with Crippen molar-refractivity contribution in [1.29, 1.82) is 0 Å². The highest BCUT2D eigenvalue weighted by molar-refractivity contribution is 5.69. The number of benzene rings is 1. The Kier molecular flexibility index (Phi) is 5.86. The molecule has 0 bridgehead atoms. The second kappa shape index (κ2) is 8.30. The van der Waals surface area contributed by atoms with Crippen LogP contribution in [0, 0.1) is 11.8 Å². The van der Waals surface area contributed by atoms with Gasteiger partial charge in [0.15, 0.2) is 0 Å². The molecule has 0 saturated heterocycles. The van der Waals surface area contributed by atoms with Crippen molar-refractivity contribution in [3.63, 3.8) is 0 Å². The molecule has 0 radical (unpaired) electrons. The van der Waals surface area contributed by atoms with Crippen LogP contribution in [0.5, 0.6) is 0 Å². The number of carbonyl (C=O) groups is 1. The number of hydrogen-bond acceptors (Lipinski definition) is 4. The lowest BCUT2D eigenvalue weighted by Gasteiger charge is -2.47. The average molecular weight is 426 g/mol. The van der Waals surface area contributed by atoms with Crippen LogP contribution in [-0.4, -0.2) is 49.9 Å². The number of ether oxygens (including phenoxy) is 1. The van der Waals surface area contributed by atoms with Crippen molar-refractivity contribution in [3.05, 3.63) is 42.4 Å². The maximum Gasteiger partial charge on any atom is 0.410 e. The third-order valence-electron chi connectivity index (χ3n) is 6.88. The molecule has 1 amide bonds. The van der Waals surface area contributed by atoms with E-state index in [1.165, 1.54) is 11.1 Å². The van der Waals surface area contributed by atoms with Gasteiger partial charge < -0.3 is 19.3 Å². The molecule has 6 heteroatoms. The van der Waals surface area contributed by atoms with Gasteiger partial charge in [-0.15, -0.1) is 0 Å². The largest absolute Gasteiger partial charge is 0.444 e. The fraction of sp³-hybridized carbons (Fsp3) is 0.600. The maximum absolute atomic E-state index is 12.7. The fourth-order valence-corrected chi connectivity index (χ4v) is 5.36. The zero-order chi connectivity index (χ0) is 22.3. The summed E-state index contributed by atoms with van der Waals surface area (Å²) in [6.07, 6.45) is 5.73. The van der Waals surface area contributed by atoms with Crippen molar-refractivity contribution in [2.24, 2.45) is 11.8 Å². The Morgan fingerprint density at radius 3 is 2.71 bits per heavy atom. The SMILES string of the molecule is CC[C@@H](CC1C[C@H]([C@H]2c3ccccc3-c3cncn32)[C@H]1O)N(CC)C(=O)OC(C)(C)C. The third kappa shape index (κ3) is 3.98. The van der Waals surface area contributed by atoms with Crippen molar-refractivity contribution in [1.82, 2.24) is 14.5 Å². The summed E-state index contributed by atoms with van der Waals surface area (Å²) in [5, 5.41) is 11.2. The van der Waals surface area contributed by atoms with E-state index in [-0.39, 0.29) is 30.0 Å². The standard InChI is InChI=1S/C25H35N3O3/c1-6-17(27(7-2)24(30)31-25(3,4)5)12-16-13-20(23(16)29)22-19-11-9-8-10-18(19)21-14-26-15-28(21)22/h8-11,14-17,20,22-23,29H,6-7,12-13H2,1-5H3/t16?,17-,20+,22+,23-/m0/s1. The molecule has 1 fully saturated rings. The zero-order valence-electron chi connectivity index (χ0n) is 19.3. The molecule has 31 heavy (non-hydrogen) atoms. The van der Waals surface area contributed by atoms with E-state index >= 15 is 0 Å². The molecular formula is C25H35N3O3. The van der Waals surface area contributed by atoms with Crippen molar-refractivity contribution in [3.8, 4) is 11.3 Å². The Morgan fingerprint density at radius 1 is 1.32 bits per heavy atom. The van der Waals surface area contributed by atoms with Crippen LogP contribution in [0.15, 0.2) is 36.8 Å². The molecule has 2 aromatic rings. The second-order valence-electron chi connectivity index (χ2n) is 9.93. The molecule has 1 aromatic carbocycles. The van der Waals surface area contributed by atoms with Gasteiger partial charge in [-0.05, 0) is 58.4 Å². The van der Waals surface area contributed by atoms with Crippen molar-refractivity contribution in [2.45, 2.75) is 77.7 Å². The molecule has 1 saturated carbocycles. The Bertz CT molecular complexity index is 932. The van der Waals surface area contributed by atoms with Gasteiger partial charge in [-0.1, -0.05) is 31.2 Å². The number of imidazole rings is 1. The monoisotopic (exact) mass is 425 g/mol. The highest BCUT2D eigenvalue weighted by atomic mass is 16.6. The molecular weight excluding hydrogens is 390 g/mol. The van der Waals surface area contributed by atoms with Gasteiger partial charge in [0.25, 0.3) is 0 Å². The van der Waals surface area contributed by atoms with E-state index in [2.05, 4.69) is 40.7 Å². The number of nitrogens with zero attached hydrogens (tertiary/aromatic N) is 3. The van der Waals surface area contributed by atoms with Gasteiger partial charge in [0.2, 0.25) is 0 Å². The number of fused-ring (bicyclic) bond motifs is 3. The van der Waals surface area contributed by atoms with Crippen LogP contribution in [0.2, 0.25) is 0 Å². The van der Waals surface area contributed by atoms with Gasteiger partial charge >= 0.3 is 6.09 Å². The summed E-state index contributed by atoms with van der Waals surface area (Å²) < 4.78 is 7.83. The number of carbonyl (C=O) groups excluding carboxylic acids is 1. The molecule has 6 nitrogen and oxygen atoms in total. The number of aliphatic hydroxyl groups excluding tert-OH is 1. The van der Waals surface area contributed by atoms with Gasteiger partial charge in [-0.2, -0.15) is 0 Å². The van der Waals surface area contributed by atoms with E-state index in [9.17, 15) is 9.90 Å². The summed E-state index contributed by atoms with van der Waals surface area (Å²) in [6.45, 7) is 10.4. The summed E-state index contributed by atoms with van der Waals surface area (Å²) in [6, 6.07) is 8.64. The van der Waals surface area contributed by atoms with Crippen LogP contribution >= 0.6 is 0 Å². The van der Waals surface area contributed by atoms with E-state index in [0.717, 1.165) is 25.0 Å². The zero-order valence-corrected chi connectivity index (χ0v) is 19.3. The van der Waals surface area contributed by atoms with E-state index in [1.54, 1.807) is 0 Å². The summed E-state index contributed by atoms with van der Waals surface area (Å²) in [5.41, 5.74) is 3.11. The average Bonchev–Trinajstić information content (AvgIpc) is 3.30. The summed E-state index contributed by atoms with van der Waals surface area (Å²) in [7, 11) is 0. The maximum atomic E-state index is 12.7. The van der Waals surface area contributed by atoms with Crippen LogP contribution in [0.4, 0.5) is 4.79 Å². The molecule has 5 atom stereocenters. The van der Waals surface area contributed by atoms with Crippen molar-refractivity contribution < 1.29 is 14.6 Å².